The molecule has 2 unspecified atom stereocenters. The Morgan fingerprint density at radius 1 is 0.518 bits per heavy atom. The lowest BCUT2D eigenvalue weighted by Gasteiger charge is -2.27. The fourth-order valence-electron chi connectivity index (χ4n) is 7.11. The molecule has 2 aliphatic heterocycles. The molecule has 0 aromatic heterocycles. The first-order valence-electron chi connectivity index (χ1n) is 18.1. The number of hydrogen-bond donors (Lipinski definition) is 2. The van der Waals surface area contributed by atoms with Crippen molar-refractivity contribution in [3.63, 3.8) is 0 Å². The average Bonchev–Trinajstić information content (AvgIpc) is 3.62. The summed E-state index contributed by atoms with van der Waals surface area (Å²) in [5, 5.41) is 20.7. The lowest BCUT2D eigenvalue weighted by molar-refractivity contribution is -0.130. The van der Waals surface area contributed by atoms with Crippen LogP contribution in [0.15, 0.2) is 165 Å². The Balaban J connectivity index is 0.000000192. The highest BCUT2D eigenvalue weighted by Gasteiger charge is 2.43. The number of nitrogens with zero attached hydrogens (tertiary/aromatic N) is 2. The summed E-state index contributed by atoms with van der Waals surface area (Å²) in [5.74, 6) is -2.46. The lowest BCUT2D eigenvalue weighted by atomic mass is 9.94. The number of hydrogen-bond acceptors (Lipinski definition) is 6. The quantitative estimate of drug-likeness (QED) is 0.137. The minimum atomic E-state index is -0.580. The van der Waals surface area contributed by atoms with Crippen molar-refractivity contribution in [2.24, 2.45) is 0 Å². The van der Waals surface area contributed by atoms with Crippen molar-refractivity contribution in [2.45, 2.75) is 38.8 Å². The van der Waals surface area contributed by atoms with Gasteiger partial charge >= 0.3 is 0 Å². The maximum Gasteiger partial charge on any atom is 0.290 e. The summed E-state index contributed by atoms with van der Waals surface area (Å²) in [6.45, 7) is 3.59. The number of ketones is 2. The Hall–Kier alpha value is -5.58. The zero-order valence-electron chi connectivity index (χ0n) is 30.9. The molecular formula is C46H40Br2N2O6. The summed E-state index contributed by atoms with van der Waals surface area (Å²) in [4.78, 5) is 52.9. The molecule has 0 bridgehead atoms. The van der Waals surface area contributed by atoms with E-state index >= 15 is 0 Å². The highest BCUT2D eigenvalue weighted by molar-refractivity contribution is 9.10. The van der Waals surface area contributed by atoms with Crippen LogP contribution in [0.5, 0.6) is 0 Å². The van der Waals surface area contributed by atoms with E-state index in [-0.39, 0.29) is 22.7 Å². The summed E-state index contributed by atoms with van der Waals surface area (Å²) in [6.07, 6.45) is 1.27. The standard InChI is InChI=1S/C26H23NO3.C20H17Br2NO3/c1-18(28)23-24(22-14-12-21(13-15-22)20-10-6-3-7-11-20)27(26(30)25(23)29)17-16-19-8-4-2-5-9-19;1-12(24)17-18(14-4-8-16(22)9-5-14)23(20(26)19(17)25)11-10-13-2-6-15(21)7-3-13/h2-15,24,29H,16-17H2,1H3;2-9,18,25H,10-11H2,1H3. The second kappa shape index (κ2) is 17.9. The number of carbonyl (C=O) groups excluding carboxylic acids is 4. The predicted octanol–water partition coefficient (Wildman–Crippen LogP) is 9.62. The minimum Gasteiger partial charge on any atom is -0.503 e. The number of aliphatic hydroxyl groups excluding tert-OH is 2. The third-order valence-corrected chi connectivity index (χ3v) is 11.0. The van der Waals surface area contributed by atoms with Crippen molar-refractivity contribution in [1.29, 1.82) is 0 Å². The summed E-state index contributed by atoms with van der Waals surface area (Å²) >= 11 is 6.80. The van der Waals surface area contributed by atoms with Crippen LogP contribution in [-0.2, 0) is 32.0 Å². The zero-order chi connectivity index (χ0) is 39.9. The van der Waals surface area contributed by atoms with Gasteiger partial charge in [0.05, 0.1) is 23.2 Å². The molecule has 56 heavy (non-hydrogen) atoms. The molecule has 0 saturated carbocycles. The van der Waals surface area contributed by atoms with Crippen molar-refractivity contribution in [3.8, 4) is 11.1 Å². The average molecular weight is 877 g/mol. The fourth-order valence-corrected chi connectivity index (χ4v) is 7.64. The van der Waals surface area contributed by atoms with Crippen molar-refractivity contribution < 1.29 is 29.4 Å². The molecule has 5 aromatic carbocycles. The molecule has 2 amide bonds. The number of rotatable bonds is 11. The van der Waals surface area contributed by atoms with Crippen LogP contribution in [0.3, 0.4) is 0 Å². The zero-order valence-corrected chi connectivity index (χ0v) is 34.0. The van der Waals surface area contributed by atoms with E-state index in [1.807, 2.05) is 133 Å². The Bertz CT molecular complexity index is 2290. The number of amides is 2. The van der Waals surface area contributed by atoms with E-state index < -0.39 is 35.4 Å². The molecule has 7 rings (SSSR count). The van der Waals surface area contributed by atoms with E-state index in [1.54, 1.807) is 9.80 Å². The molecule has 2 aliphatic rings. The van der Waals surface area contributed by atoms with Crippen molar-refractivity contribution >= 4 is 55.2 Å². The summed E-state index contributed by atoms with van der Waals surface area (Å²) in [7, 11) is 0. The van der Waals surface area contributed by atoms with Gasteiger partial charge in [-0.15, -0.1) is 0 Å². The summed E-state index contributed by atoms with van der Waals surface area (Å²) in [6, 6.07) is 41.9. The SMILES string of the molecule is CC(=O)C1=C(O)C(=O)N(CCc2ccc(Br)cc2)C1c1ccc(Br)cc1.CC(=O)C1=C(O)C(=O)N(CCc2ccccc2)C1c1ccc(-c2ccccc2)cc1. The Labute approximate surface area is 343 Å². The monoisotopic (exact) mass is 874 g/mol. The van der Waals surface area contributed by atoms with Gasteiger partial charge in [-0.2, -0.15) is 0 Å². The third-order valence-electron chi connectivity index (χ3n) is 9.92. The minimum absolute atomic E-state index is 0.160. The van der Waals surface area contributed by atoms with Crippen molar-refractivity contribution in [3.05, 3.63) is 187 Å². The van der Waals surface area contributed by atoms with Gasteiger partial charge in [-0.05, 0) is 84.3 Å². The van der Waals surface area contributed by atoms with Crippen LogP contribution in [0.2, 0.25) is 0 Å². The van der Waals surface area contributed by atoms with Gasteiger partial charge < -0.3 is 20.0 Å². The molecule has 10 heteroatoms. The Kier molecular flexibility index (Phi) is 12.8. The van der Waals surface area contributed by atoms with E-state index in [4.69, 9.17) is 0 Å². The molecule has 284 valence electrons. The maximum absolute atomic E-state index is 12.8. The maximum atomic E-state index is 12.8. The van der Waals surface area contributed by atoms with Gasteiger partial charge in [0, 0.05) is 22.0 Å². The first-order valence-corrected chi connectivity index (χ1v) is 19.7. The van der Waals surface area contributed by atoms with Gasteiger partial charge in [0.2, 0.25) is 0 Å². The molecule has 8 nitrogen and oxygen atoms in total. The fraction of sp³-hybridized carbons (Fsp3) is 0.174. The largest absolute Gasteiger partial charge is 0.503 e. The van der Waals surface area contributed by atoms with Crippen LogP contribution >= 0.6 is 31.9 Å². The normalized spacial score (nSPS) is 16.6. The molecule has 0 radical (unpaired) electrons. The molecule has 2 heterocycles. The van der Waals surface area contributed by atoms with Crippen LogP contribution < -0.4 is 0 Å². The topological polar surface area (TPSA) is 115 Å². The molecule has 5 aromatic rings. The highest BCUT2D eigenvalue weighted by Crippen LogP contribution is 2.39. The highest BCUT2D eigenvalue weighted by atomic mass is 79.9. The number of benzene rings is 5. The second-order valence-electron chi connectivity index (χ2n) is 13.6. The van der Waals surface area contributed by atoms with E-state index in [9.17, 15) is 29.4 Å². The molecule has 2 N–H and O–H groups in total. The molecule has 0 aliphatic carbocycles. The molecular weight excluding hydrogens is 836 g/mol. The van der Waals surface area contributed by atoms with Gasteiger partial charge in [-0.25, -0.2) is 0 Å². The first kappa shape index (κ1) is 40.1. The molecule has 2 atom stereocenters. The number of carbonyl (C=O) groups is 4. The van der Waals surface area contributed by atoms with Gasteiger partial charge in [0.15, 0.2) is 23.1 Å². The Morgan fingerprint density at radius 2 is 0.875 bits per heavy atom. The molecule has 0 spiro atoms. The van der Waals surface area contributed by atoms with Crippen molar-refractivity contribution in [1.82, 2.24) is 9.80 Å². The van der Waals surface area contributed by atoms with Crippen LogP contribution in [0.1, 0.15) is 48.2 Å². The summed E-state index contributed by atoms with van der Waals surface area (Å²) < 4.78 is 1.90. The van der Waals surface area contributed by atoms with Crippen LogP contribution in [-0.4, -0.2) is 56.5 Å². The van der Waals surface area contributed by atoms with Crippen molar-refractivity contribution in [2.75, 3.05) is 13.1 Å². The van der Waals surface area contributed by atoms with E-state index in [2.05, 4.69) is 31.9 Å². The van der Waals surface area contributed by atoms with Gasteiger partial charge in [-0.3, -0.25) is 19.2 Å². The van der Waals surface area contributed by atoms with Crippen LogP contribution in [0, 0.1) is 0 Å². The van der Waals surface area contributed by atoms with E-state index in [1.165, 1.54) is 13.8 Å². The molecule has 0 saturated heterocycles. The summed E-state index contributed by atoms with van der Waals surface area (Å²) in [5.41, 5.74) is 6.26. The molecule has 0 fully saturated rings. The van der Waals surface area contributed by atoms with E-state index in [0.29, 0.717) is 25.9 Å². The second-order valence-corrected chi connectivity index (χ2v) is 15.4. The number of aliphatic hydroxyl groups is 2. The van der Waals surface area contributed by atoms with Gasteiger partial charge in [0.25, 0.3) is 11.8 Å². The Morgan fingerprint density at radius 3 is 1.30 bits per heavy atom. The van der Waals surface area contributed by atoms with Gasteiger partial charge in [-0.1, -0.05) is 141 Å². The van der Waals surface area contributed by atoms with Gasteiger partial charge in [0.1, 0.15) is 0 Å². The lowest BCUT2D eigenvalue weighted by Crippen LogP contribution is -2.32. The third kappa shape index (κ3) is 8.93. The number of Topliss-reactive ketones (excluding diaryl/α,β-unsaturated/α-hetero) is 2. The van der Waals surface area contributed by atoms with Crippen LogP contribution in [0.25, 0.3) is 11.1 Å². The first-order chi connectivity index (χ1) is 26.9. The number of halogens is 2. The van der Waals surface area contributed by atoms with E-state index in [0.717, 1.165) is 42.3 Å². The van der Waals surface area contributed by atoms with Crippen LogP contribution in [0.4, 0.5) is 0 Å². The predicted molar refractivity (Wildman–Crippen MR) is 224 cm³/mol. The smallest absolute Gasteiger partial charge is 0.290 e.